The minimum atomic E-state index is -0.150. The maximum Gasteiger partial charge on any atom is 0.223 e. The second-order valence-electron chi connectivity index (χ2n) is 7.80. The van der Waals surface area contributed by atoms with Gasteiger partial charge in [0.25, 0.3) is 0 Å². The highest BCUT2D eigenvalue weighted by atomic mass is 35.5. The number of rotatable bonds is 6. The Kier molecular flexibility index (Phi) is 5.03. The fourth-order valence-electron chi connectivity index (χ4n) is 3.79. The molecule has 1 aromatic rings. The Hall–Kier alpha value is -1.10. The number of carbonyl (C=O) groups is 1. The molecule has 136 valence electrons. The van der Waals surface area contributed by atoms with Gasteiger partial charge in [0.15, 0.2) is 0 Å². The van der Waals surface area contributed by atoms with Crippen molar-refractivity contribution in [3.63, 3.8) is 0 Å². The van der Waals surface area contributed by atoms with Gasteiger partial charge in [0.1, 0.15) is 5.60 Å². The third-order valence-corrected chi connectivity index (χ3v) is 5.82. The molecule has 4 nitrogen and oxygen atoms in total. The van der Waals surface area contributed by atoms with Crippen molar-refractivity contribution in [3.05, 3.63) is 34.9 Å². The predicted molar refractivity (Wildman–Crippen MR) is 96.7 cm³/mol. The van der Waals surface area contributed by atoms with E-state index in [1.54, 1.807) is 0 Å². The molecule has 0 N–H and O–H groups in total. The molecule has 1 aromatic carbocycles. The summed E-state index contributed by atoms with van der Waals surface area (Å²) in [5, 5.41) is 0.729. The van der Waals surface area contributed by atoms with Gasteiger partial charge in [0.2, 0.25) is 5.91 Å². The van der Waals surface area contributed by atoms with Crippen molar-refractivity contribution in [2.45, 2.75) is 50.2 Å². The van der Waals surface area contributed by atoms with Crippen LogP contribution in [0.4, 0.5) is 0 Å². The Morgan fingerprint density at radius 2 is 2.00 bits per heavy atom. The highest BCUT2D eigenvalue weighted by Crippen LogP contribution is 2.37. The standard InChI is InChI=1S/C20H26ClNO3/c21-17-6-3-15(4-7-17)5-8-19(23)22-13-20(14-22)11-18(9-10-25-20)24-12-16-1-2-16/h3-4,6-7,16,18H,1-2,5,8-14H2/t18-/m1/s1. The van der Waals surface area contributed by atoms with Crippen LogP contribution in [0, 0.1) is 5.92 Å². The number of hydrogen-bond acceptors (Lipinski definition) is 3. The molecular formula is C20H26ClNO3. The fraction of sp³-hybridized carbons (Fsp3) is 0.650. The summed E-state index contributed by atoms with van der Waals surface area (Å²) in [5.41, 5.74) is 0.998. The Morgan fingerprint density at radius 1 is 1.24 bits per heavy atom. The average molecular weight is 364 g/mol. The number of hydrogen-bond donors (Lipinski definition) is 0. The molecule has 25 heavy (non-hydrogen) atoms. The SMILES string of the molecule is O=C(CCc1ccc(Cl)cc1)N1CC2(C[C@H](OCC3CC3)CCO2)C1. The summed E-state index contributed by atoms with van der Waals surface area (Å²) in [6.45, 7) is 3.10. The second kappa shape index (κ2) is 7.26. The average Bonchev–Trinajstić information content (AvgIpc) is 3.42. The number of ether oxygens (including phenoxy) is 2. The molecule has 5 heteroatoms. The molecule has 4 rings (SSSR count). The Bertz CT molecular complexity index is 608. The number of likely N-dealkylation sites (tertiary alicyclic amines) is 1. The lowest BCUT2D eigenvalue weighted by Crippen LogP contribution is -2.67. The summed E-state index contributed by atoms with van der Waals surface area (Å²) in [4.78, 5) is 14.3. The lowest BCUT2D eigenvalue weighted by Gasteiger charge is -2.53. The summed E-state index contributed by atoms with van der Waals surface area (Å²) in [6, 6.07) is 7.72. The molecule has 2 saturated heterocycles. The Balaban J connectivity index is 1.21. The molecule has 1 amide bonds. The number of halogens is 1. The first-order valence-corrected chi connectivity index (χ1v) is 9.77. The minimum absolute atomic E-state index is 0.150. The van der Waals surface area contributed by atoms with Gasteiger partial charge >= 0.3 is 0 Å². The minimum Gasteiger partial charge on any atom is -0.378 e. The number of aryl methyl sites for hydroxylation is 1. The van der Waals surface area contributed by atoms with Crippen LogP contribution in [0.25, 0.3) is 0 Å². The van der Waals surface area contributed by atoms with Crippen LogP contribution in [-0.4, -0.2) is 48.8 Å². The monoisotopic (exact) mass is 363 g/mol. The predicted octanol–water partition coefficient (Wildman–Crippen LogP) is 3.46. The second-order valence-corrected chi connectivity index (χ2v) is 8.24. The molecule has 3 aliphatic rings. The van der Waals surface area contributed by atoms with Crippen molar-refractivity contribution in [3.8, 4) is 0 Å². The van der Waals surface area contributed by atoms with Crippen LogP contribution in [-0.2, 0) is 20.7 Å². The number of benzene rings is 1. The molecule has 2 heterocycles. The number of amides is 1. The van der Waals surface area contributed by atoms with E-state index in [1.165, 1.54) is 12.8 Å². The van der Waals surface area contributed by atoms with E-state index in [-0.39, 0.29) is 11.5 Å². The molecule has 0 bridgehead atoms. The lowest BCUT2D eigenvalue weighted by molar-refractivity contribution is -0.201. The van der Waals surface area contributed by atoms with Crippen molar-refractivity contribution < 1.29 is 14.3 Å². The van der Waals surface area contributed by atoms with Gasteiger partial charge in [-0.05, 0) is 49.3 Å². The van der Waals surface area contributed by atoms with Crippen LogP contribution in [0.1, 0.15) is 37.7 Å². The van der Waals surface area contributed by atoms with E-state index < -0.39 is 0 Å². The fourth-order valence-corrected chi connectivity index (χ4v) is 3.91. The maximum atomic E-state index is 12.4. The first kappa shape index (κ1) is 17.3. The molecule has 1 atom stereocenters. The molecule has 3 fully saturated rings. The molecular weight excluding hydrogens is 338 g/mol. The van der Waals surface area contributed by atoms with Crippen LogP contribution >= 0.6 is 11.6 Å². The van der Waals surface area contributed by atoms with Gasteiger partial charge in [-0.3, -0.25) is 4.79 Å². The molecule has 1 aliphatic carbocycles. The normalized spacial score (nSPS) is 25.0. The quantitative estimate of drug-likeness (QED) is 0.777. The lowest BCUT2D eigenvalue weighted by atomic mass is 9.84. The van der Waals surface area contributed by atoms with E-state index in [1.807, 2.05) is 29.2 Å². The molecule has 1 spiro atoms. The molecule has 0 unspecified atom stereocenters. The molecule has 1 saturated carbocycles. The Labute approximate surface area is 154 Å². The van der Waals surface area contributed by atoms with Gasteiger partial charge in [0, 0.05) is 31.1 Å². The zero-order valence-corrected chi connectivity index (χ0v) is 15.3. The molecule has 0 radical (unpaired) electrons. The largest absolute Gasteiger partial charge is 0.378 e. The summed E-state index contributed by atoms with van der Waals surface area (Å²) >= 11 is 5.89. The first-order valence-electron chi connectivity index (χ1n) is 9.40. The summed E-state index contributed by atoms with van der Waals surface area (Å²) in [5.74, 6) is 1.01. The van der Waals surface area contributed by atoms with E-state index in [0.29, 0.717) is 12.5 Å². The number of nitrogens with zero attached hydrogens (tertiary/aromatic N) is 1. The highest BCUT2D eigenvalue weighted by molar-refractivity contribution is 6.30. The molecule has 0 aromatic heterocycles. The Morgan fingerprint density at radius 3 is 2.72 bits per heavy atom. The number of carbonyl (C=O) groups excluding carboxylic acids is 1. The van der Waals surface area contributed by atoms with E-state index in [9.17, 15) is 4.79 Å². The van der Waals surface area contributed by atoms with Crippen molar-refractivity contribution in [2.75, 3.05) is 26.3 Å². The zero-order chi connectivity index (χ0) is 17.3. The highest BCUT2D eigenvalue weighted by Gasteiger charge is 2.49. The van der Waals surface area contributed by atoms with E-state index >= 15 is 0 Å². The van der Waals surface area contributed by atoms with Crippen LogP contribution in [0.5, 0.6) is 0 Å². The van der Waals surface area contributed by atoms with Crippen molar-refractivity contribution >= 4 is 17.5 Å². The topological polar surface area (TPSA) is 38.8 Å². The van der Waals surface area contributed by atoms with Crippen LogP contribution in [0.2, 0.25) is 5.02 Å². The van der Waals surface area contributed by atoms with E-state index in [0.717, 1.165) is 62.1 Å². The van der Waals surface area contributed by atoms with Crippen LogP contribution < -0.4 is 0 Å². The third-order valence-electron chi connectivity index (χ3n) is 5.56. The van der Waals surface area contributed by atoms with Gasteiger partial charge in [-0.2, -0.15) is 0 Å². The summed E-state index contributed by atoms with van der Waals surface area (Å²) in [7, 11) is 0. The van der Waals surface area contributed by atoms with Crippen molar-refractivity contribution in [1.82, 2.24) is 4.90 Å². The van der Waals surface area contributed by atoms with Gasteiger partial charge in [-0.15, -0.1) is 0 Å². The zero-order valence-electron chi connectivity index (χ0n) is 14.6. The van der Waals surface area contributed by atoms with E-state index in [2.05, 4.69) is 0 Å². The maximum absolute atomic E-state index is 12.4. The van der Waals surface area contributed by atoms with Crippen LogP contribution in [0.3, 0.4) is 0 Å². The summed E-state index contributed by atoms with van der Waals surface area (Å²) in [6.07, 6.45) is 6.17. The third kappa shape index (κ3) is 4.36. The van der Waals surface area contributed by atoms with E-state index in [4.69, 9.17) is 21.1 Å². The van der Waals surface area contributed by atoms with Crippen molar-refractivity contribution in [1.29, 1.82) is 0 Å². The van der Waals surface area contributed by atoms with Gasteiger partial charge in [-0.25, -0.2) is 0 Å². The van der Waals surface area contributed by atoms with Crippen molar-refractivity contribution in [2.24, 2.45) is 5.92 Å². The smallest absolute Gasteiger partial charge is 0.223 e. The van der Waals surface area contributed by atoms with Gasteiger partial charge in [-0.1, -0.05) is 23.7 Å². The summed E-state index contributed by atoms with van der Waals surface area (Å²) < 4.78 is 12.1. The molecule has 2 aliphatic heterocycles. The first-order chi connectivity index (χ1) is 12.1. The van der Waals surface area contributed by atoms with Gasteiger partial charge in [0.05, 0.1) is 19.2 Å². The van der Waals surface area contributed by atoms with Crippen LogP contribution in [0.15, 0.2) is 24.3 Å². The van der Waals surface area contributed by atoms with Gasteiger partial charge < -0.3 is 14.4 Å².